The predicted molar refractivity (Wildman–Crippen MR) is 50.8 cm³/mol. The fourth-order valence-corrected chi connectivity index (χ4v) is 2.48. The molecule has 2 fully saturated rings. The maximum absolute atomic E-state index is 12.7. The van der Waals surface area contributed by atoms with Crippen LogP contribution in [0.15, 0.2) is 0 Å². The van der Waals surface area contributed by atoms with Crippen molar-refractivity contribution in [3.63, 3.8) is 0 Å². The van der Waals surface area contributed by atoms with Crippen LogP contribution in [-0.4, -0.2) is 32.4 Å². The molecule has 0 aromatic carbocycles. The van der Waals surface area contributed by atoms with E-state index in [2.05, 4.69) is 0 Å². The number of halogens is 3. The number of ether oxygens (including phenoxy) is 2. The molecule has 2 heterocycles. The van der Waals surface area contributed by atoms with Gasteiger partial charge in [0, 0.05) is 19.8 Å². The Bertz CT molecular complexity index is 220. The fourth-order valence-electron chi connectivity index (χ4n) is 2.48. The Labute approximate surface area is 87.2 Å². The molecule has 2 aliphatic rings. The molecule has 2 rings (SSSR count). The Morgan fingerprint density at radius 3 is 2.33 bits per heavy atom. The van der Waals surface area contributed by atoms with Crippen LogP contribution in [0, 0.1) is 0 Å². The molecule has 0 amide bonds. The number of hydrogen-bond donors (Lipinski definition) is 0. The van der Waals surface area contributed by atoms with Crippen LogP contribution in [0.2, 0.25) is 5.82 Å². The zero-order valence-electron chi connectivity index (χ0n) is 8.55. The van der Waals surface area contributed by atoms with Crippen molar-refractivity contribution >= 4 is 6.98 Å². The molecule has 0 aromatic heterocycles. The lowest BCUT2D eigenvalue weighted by Gasteiger charge is -2.46. The zero-order valence-corrected chi connectivity index (χ0v) is 8.55. The average molecular weight is 223 g/mol. The third-order valence-corrected chi connectivity index (χ3v) is 3.47. The summed E-state index contributed by atoms with van der Waals surface area (Å²) in [5, 5.41) is 0. The predicted octanol–water partition coefficient (Wildman–Crippen LogP) is 2.56. The zero-order chi connectivity index (χ0) is 10.9. The minimum Gasteiger partial charge on any atom is -0.449 e. The standard InChI is InChI=1S/C9H15BF3O2/c11-10(12,13)8-1-4-15-9(7-8)2-5-14-6-3-9/h8H,1-7H2/q-1. The summed E-state index contributed by atoms with van der Waals surface area (Å²) in [6.07, 6.45) is 1.48. The summed E-state index contributed by atoms with van der Waals surface area (Å²) in [7, 11) is 0. The molecule has 0 aromatic rings. The van der Waals surface area contributed by atoms with Crippen LogP contribution < -0.4 is 0 Å². The molecule has 88 valence electrons. The highest BCUT2D eigenvalue weighted by Crippen LogP contribution is 2.45. The molecule has 0 N–H and O–H groups in total. The van der Waals surface area contributed by atoms with Gasteiger partial charge in [0.15, 0.2) is 0 Å². The van der Waals surface area contributed by atoms with Gasteiger partial charge in [-0.15, -0.1) is 0 Å². The van der Waals surface area contributed by atoms with Crippen molar-refractivity contribution in [3.05, 3.63) is 0 Å². The van der Waals surface area contributed by atoms with Crippen molar-refractivity contribution in [2.24, 2.45) is 0 Å². The summed E-state index contributed by atoms with van der Waals surface area (Å²) in [4.78, 5) is 0. The van der Waals surface area contributed by atoms with Gasteiger partial charge in [0.25, 0.3) is 0 Å². The molecule has 0 bridgehead atoms. The highest BCUT2D eigenvalue weighted by Gasteiger charge is 2.45. The summed E-state index contributed by atoms with van der Waals surface area (Å²) in [6.45, 7) is -3.42. The molecule has 0 aliphatic carbocycles. The molecular weight excluding hydrogens is 208 g/mol. The van der Waals surface area contributed by atoms with E-state index in [1.165, 1.54) is 0 Å². The minimum absolute atomic E-state index is 0.131. The van der Waals surface area contributed by atoms with Crippen LogP contribution in [0.4, 0.5) is 12.9 Å². The van der Waals surface area contributed by atoms with Gasteiger partial charge in [0.05, 0.1) is 5.60 Å². The van der Waals surface area contributed by atoms with Gasteiger partial charge in [-0.25, -0.2) is 0 Å². The van der Waals surface area contributed by atoms with Gasteiger partial charge in [-0.05, 0) is 19.3 Å². The van der Waals surface area contributed by atoms with E-state index < -0.39 is 18.4 Å². The highest BCUT2D eigenvalue weighted by atomic mass is 19.4. The van der Waals surface area contributed by atoms with Gasteiger partial charge in [-0.3, -0.25) is 0 Å². The van der Waals surface area contributed by atoms with E-state index in [0.29, 0.717) is 26.1 Å². The molecule has 0 radical (unpaired) electrons. The van der Waals surface area contributed by atoms with E-state index in [1.54, 1.807) is 0 Å². The average Bonchev–Trinajstić information content (AvgIpc) is 2.18. The van der Waals surface area contributed by atoms with Crippen molar-refractivity contribution in [2.45, 2.75) is 37.1 Å². The maximum atomic E-state index is 12.7. The van der Waals surface area contributed by atoms with Crippen LogP contribution in [0.3, 0.4) is 0 Å². The highest BCUT2D eigenvalue weighted by molar-refractivity contribution is 6.60. The smallest absolute Gasteiger partial charge is 0.449 e. The Morgan fingerprint density at radius 2 is 1.73 bits per heavy atom. The lowest BCUT2D eigenvalue weighted by molar-refractivity contribution is -0.135. The minimum atomic E-state index is -4.71. The lowest BCUT2D eigenvalue weighted by atomic mass is 9.63. The SMILES string of the molecule is F[B-](F)(F)C1CCOC2(CCOCC2)C1. The Hall–Kier alpha value is -0.225. The van der Waals surface area contributed by atoms with Crippen molar-refractivity contribution in [3.8, 4) is 0 Å². The first-order valence-corrected chi connectivity index (χ1v) is 5.44. The number of hydrogen-bond acceptors (Lipinski definition) is 2. The quantitative estimate of drug-likeness (QED) is 0.636. The van der Waals surface area contributed by atoms with E-state index in [4.69, 9.17) is 9.47 Å². The Balaban J connectivity index is 2.02. The summed E-state index contributed by atoms with van der Waals surface area (Å²) in [6, 6.07) is 0. The molecule has 2 aliphatic heterocycles. The first-order valence-electron chi connectivity index (χ1n) is 5.44. The Kier molecular flexibility index (Phi) is 2.99. The molecule has 1 spiro atoms. The van der Waals surface area contributed by atoms with Gasteiger partial charge in [-0.2, -0.15) is 0 Å². The van der Waals surface area contributed by atoms with Crippen LogP contribution in [0.5, 0.6) is 0 Å². The van der Waals surface area contributed by atoms with Gasteiger partial charge < -0.3 is 22.4 Å². The third-order valence-electron chi connectivity index (χ3n) is 3.47. The van der Waals surface area contributed by atoms with Crippen LogP contribution in [0.1, 0.15) is 25.7 Å². The van der Waals surface area contributed by atoms with Crippen LogP contribution in [0.25, 0.3) is 0 Å². The van der Waals surface area contributed by atoms with Crippen molar-refractivity contribution in [1.29, 1.82) is 0 Å². The summed E-state index contributed by atoms with van der Waals surface area (Å²) >= 11 is 0. The fraction of sp³-hybridized carbons (Fsp3) is 1.00. The van der Waals surface area contributed by atoms with Crippen LogP contribution in [-0.2, 0) is 9.47 Å². The van der Waals surface area contributed by atoms with Gasteiger partial charge in [0.1, 0.15) is 0 Å². The van der Waals surface area contributed by atoms with Gasteiger partial charge in [-0.1, -0.05) is 12.2 Å². The second-order valence-corrected chi connectivity index (χ2v) is 4.52. The maximum Gasteiger partial charge on any atom is 0.481 e. The van der Waals surface area contributed by atoms with E-state index >= 15 is 0 Å². The van der Waals surface area contributed by atoms with E-state index in [9.17, 15) is 12.9 Å². The summed E-state index contributed by atoms with van der Waals surface area (Å²) in [5.41, 5.74) is -0.543. The number of rotatable bonds is 1. The largest absolute Gasteiger partial charge is 0.481 e. The Morgan fingerprint density at radius 1 is 1.07 bits per heavy atom. The molecule has 1 atom stereocenters. The van der Waals surface area contributed by atoms with Gasteiger partial charge in [0.2, 0.25) is 0 Å². The second-order valence-electron chi connectivity index (χ2n) is 4.52. The lowest BCUT2D eigenvalue weighted by Crippen LogP contribution is -2.46. The summed E-state index contributed by atoms with van der Waals surface area (Å²) < 4.78 is 48.7. The van der Waals surface area contributed by atoms with Crippen molar-refractivity contribution < 1.29 is 22.4 Å². The molecule has 2 saturated heterocycles. The molecular formula is C9H15BF3O2-. The van der Waals surface area contributed by atoms with E-state index in [1.807, 2.05) is 0 Å². The summed E-state index contributed by atoms with van der Waals surface area (Å²) in [5.74, 6) is -1.13. The topological polar surface area (TPSA) is 18.5 Å². The van der Waals surface area contributed by atoms with Crippen molar-refractivity contribution in [1.82, 2.24) is 0 Å². The monoisotopic (exact) mass is 223 g/mol. The first kappa shape index (κ1) is 11.3. The molecule has 15 heavy (non-hydrogen) atoms. The van der Waals surface area contributed by atoms with Gasteiger partial charge >= 0.3 is 6.98 Å². The van der Waals surface area contributed by atoms with E-state index in [0.717, 1.165) is 0 Å². The van der Waals surface area contributed by atoms with Crippen molar-refractivity contribution in [2.75, 3.05) is 19.8 Å². The molecule has 1 unspecified atom stereocenters. The second kappa shape index (κ2) is 3.98. The molecule has 0 saturated carbocycles. The first-order chi connectivity index (χ1) is 7.02. The third kappa shape index (κ3) is 2.48. The molecule has 6 heteroatoms. The molecule has 2 nitrogen and oxygen atoms in total. The van der Waals surface area contributed by atoms with Crippen LogP contribution >= 0.6 is 0 Å². The normalized spacial score (nSPS) is 31.8. The van der Waals surface area contributed by atoms with E-state index in [-0.39, 0.29) is 19.4 Å².